The molecule has 0 aliphatic rings. The molecule has 1 unspecified atom stereocenters. The van der Waals surface area contributed by atoms with Gasteiger partial charge in [-0.15, -0.1) is 0 Å². The van der Waals surface area contributed by atoms with E-state index in [2.05, 4.69) is 4.98 Å². The van der Waals surface area contributed by atoms with Crippen molar-refractivity contribution < 1.29 is 17.4 Å². The Morgan fingerprint density at radius 2 is 2.00 bits per heavy atom. The zero-order chi connectivity index (χ0) is 10.1. The average molecular weight is 210 g/mol. The fraction of sp³-hybridized carbons (Fsp3) is 0.167. The SMILES string of the molecule is NS(=O)c1ccc(C(F)(F)F)nc1. The Balaban J connectivity index is 3.01. The quantitative estimate of drug-likeness (QED) is 0.754. The van der Waals surface area contributed by atoms with Crippen molar-refractivity contribution in [2.45, 2.75) is 11.1 Å². The molecular weight excluding hydrogens is 205 g/mol. The van der Waals surface area contributed by atoms with Crippen molar-refractivity contribution in [3.63, 3.8) is 0 Å². The summed E-state index contributed by atoms with van der Waals surface area (Å²) in [6.07, 6.45) is -3.63. The molecule has 13 heavy (non-hydrogen) atoms. The summed E-state index contributed by atoms with van der Waals surface area (Å²) in [5.41, 5.74) is -1.03. The van der Waals surface area contributed by atoms with E-state index in [1.807, 2.05) is 0 Å². The van der Waals surface area contributed by atoms with Gasteiger partial charge in [-0.25, -0.2) is 9.35 Å². The van der Waals surface area contributed by atoms with Crippen molar-refractivity contribution in [2.24, 2.45) is 5.14 Å². The molecule has 7 heteroatoms. The topological polar surface area (TPSA) is 56.0 Å². The van der Waals surface area contributed by atoms with Crippen LogP contribution in [0, 0.1) is 0 Å². The monoisotopic (exact) mass is 210 g/mol. The second-order valence-corrected chi connectivity index (χ2v) is 3.24. The van der Waals surface area contributed by atoms with Crippen molar-refractivity contribution in [3.05, 3.63) is 24.0 Å². The maximum Gasteiger partial charge on any atom is 0.433 e. The molecule has 0 radical (unpaired) electrons. The first-order valence-electron chi connectivity index (χ1n) is 3.10. The van der Waals surface area contributed by atoms with E-state index < -0.39 is 22.9 Å². The fourth-order valence-electron chi connectivity index (χ4n) is 0.667. The van der Waals surface area contributed by atoms with E-state index in [4.69, 9.17) is 5.14 Å². The molecule has 0 bridgehead atoms. The summed E-state index contributed by atoms with van der Waals surface area (Å²) in [6, 6.07) is 1.77. The molecule has 1 aromatic heterocycles. The van der Waals surface area contributed by atoms with E-state index in [9.17, 15) is 17.4 Å². The maximum atomic E-state index is 12.0. The molecule has 1 heterocycles. The van der Waals surface area contributed by atoms with Crippen LogP contribution in [0.3, 0.4) is 0 Å². The summed E-state index contributed by atoms with van der Waals surface area (Å²) in [6.45, 7) is 0. The fourth-order valence-corrected chi connectivity index (χ4v) is 1.03. The molecule has 72 valence electrons. The van der Waals surface area contributed by atoms with Gasteiger partial charge in [-0.1, -0.05) is 0 Å². The first-order valence-corrected chi connectivity index (χ1v) is 4.32. The number of hydrogen-bond acceptors (Lipinski definition) is 2. The molecule has 0 amide bonds. The zero-order valence-corrected chi connectivity index (χ0v) is 7.02. The van der Waals surface area contributed by atoms with Crippen molar-refractivity contribution in [2.75, 3.05) is 0 Å². The average Bonchev–Trinajstić information content (AvgIpc) is 2.03. The second-order valence-electron chi connectivity index (χ2n) is 2.17. The van der Waals surface area contributed by atoms with E-state index in [-0.39, 0.29) is 4.90 Å². The molecule has 2 N–H and O–H groups in total. The molecular formula is C6H5F3N2OS. The van der Waals surface area contributed by atoms with Gasteiger partial charge in [-0.3, -0.25) is 4.98 Å². The van der Waals surface area contributed by atoms with E-state index >= 15 is 0 Å². The molecule has 3 nitrogen and oxygen atoms in total. The number of alkyl halides is 3. The minimum absolute atomic E-state index is 0.0630. The lowest BCUT2D eigenvalue weighted by Crippen LogP contribution is -2.09. The van der Waals surface area contributed by atoms with Gasteiger partial charge in [0.25, 0.3) is 0 Å². The Hall–Kier alpha value is -0.950. The van der Waals surface area contributed by atoms with Gasteiger partial charge in [0.05, 0.1) is 4.90 Å². The smallest absolute Gasteiger partial charge is 0.250 e. The van der Waals surface area contributed by atoms with E-state index in [1.54, 1.807) is 0 Å². The van der Waals surface area contributed by atoms with Gasteiger partial charge >= 0.3 is 6.18 Å². The Labute approximate surface area is 74.4 Å². The number of pyridine rings is 1. The highest BCUT2D eigenvalue weighted by Gasteiger charge is 2.32. The maximum absolute atomic E-state index is 12.0. The largest absolute Gasteiger partial charge is 0.433 e. The van der Waals surface area contributed by atoms with Gasteiger partial charge in [0.2, 0.25) is 0 Å². The second kappa shape index (κ2) is 3.43. The van der Waals surface area contributed by atoms with Gasteiger partial charge in [0, 0.05) is 6.20 Å². The number of nitrogens with zero attached hydrogens (tertiary/aromatic N) is 1. The predicted molar refractivity (Wildman–Crippen MR) is 39.8 cm³/mol. The summed E-state index contributed by atoms with van der Waals surface area (Å²) in [7, 11) is -1.79. The van der Waals surface area contributed by atoms with E-state index in [0.717, 1.165) is 18.3 Å². The van der Waals surface area contributed by atoms with Crippen LogP contribution in [-0.2, 0) is 17.2 Å². The van der Waals surface area contributed by atoms with Crippen molar-refractivity contribution in [1.82, 2.24) is 4.98 Å². The van der Waals surface area contributed by atoms with Crippen LogP contribution in [0.15, 0.2) is 23.2 Å². The van der Waals surface area contributed by atoms with Crippen LogP contribution in [0.2, 0.25) is 0 Å². The number of hydrogen-bond donors (Lipinski definition) is 1. The molecule has 0 saturated heterocycles. The zero-order valence-electron chi connectivity index (χ0n) is 6.21. The standard InChI is InChI=1S/C6H5F3N2OS/c7-6(8,9)5-2-1-4(3-11-5)13(10)12/h1-3H,10H2. The van der Waals surface area contributed by atoms with Gasteiger partial charge in [0.1, 0.15) is 16.7 Å². The number of aromatic nitrogens is 1. The summed E-state index contributed by atoms with van der Waals surface area (Å²) >= 11 is 0. The van der Waals surface area contributed by atoms with Crippen molar-refractivity contribution >= 4 is 11.0 Å². The Kier molecular flexibility index (Phi) is 2.67. The van der Waals surface area contributed by atoms with Gasteiger partial charge in [0.15, 0.2) is 0 Å². The molecule has 0 fully saturated rings. The highest BCUT2D eigenvalue weighted by molar-refractivity contribution is 7.82. The van der Waals surface area contributed by atoms with Crippen LogP contribution in [0.25, 0.3) is 0 Å². The molecule has 0 aliphatic heterocycles. The molecule has 0 aliphatic carbocycles. The summed E-state index contributed by atoms with van der Waals surface area (Å²) in [5.74, 6) is 0. The summed E-state index contributed by atoms with van der Waals surface area (Å²) in [5, 5.41) is 4.92. The van der Waals surface area contributed by atoms with Crippen LogP contribution in [-0.4, -0.2) is 9.19 Å². The van der Waals surface area contributed by atoms with Crippen molar-refractivity contribution in [1.29, 1.82) is 0 Å². The molecule has 1 rings (SSSR count). The van der Waals surface area contributed by atoms with Gasteiger partial charge in [-0.05, 0) is 12.1 Å². The molecule has 1 aromatic rings. The molecule has 0 saturated carbocycles. The van der Waals surface area contributed by atoms with Crippen LogP contribution in [0.1, 0.15) is 5.69 Å². The third kappa shape index (κ3) is 2.49. The minimum Gasteiger partial charge on any atom is -0.250 e. The predicted octanol–water partition coefficient (Wildman–Crippen LogP) is 1.08. The highest BCUT2D eigenvalue weighted by atomic mass is 32.2. The molecule has 1 atom stereocenters. The lowest BCUT2D eigenvalue weighted by atomic mass is 10.3. The Bertz CT molecular complexity index is 322. The number of halogens is 3. The van der Waals surface area contributed by atoms with E-state index in [1.165, 1.54) is 0 Å². The van der Waals surface area contributed by atoms with Gasteiger partial charge in [-0.2, -0.15) is 13.2 Å². The third-order valence-corrected chi connectivity index (χ3v) is 1.97. The Morgan fingerprint density at radius 3 is 2.31 bits per heavy atom. The third-order valence-electron chi connectivity index (χ3n) is 1.26. The van der Waals surface area contributed by atoms with Gasteiger partial charge < -0.3 is 0 Å². The molecule has 0 spiro atoms. The summed E-state index contributed by atoms with van der Waals surface area (Å²) < 4.78 is 46.4. The number of rotatable bonds is 1. The van der Waals surface area contributed by atoms with Crippen LogP contribution < -0.4 is 5.14 Å². The molecule has 0 aromatic carbocycles. The Morgan fingerprint density at radius 1 is 1.38 bits per heavy atom. The minimum atomic E-state index is -4.48. The summed E-state index contributed by atoms with van der Waals surface area (Å²) in [4.78, 5) is 3.14. The van der Waals surface area contributed by atoms with Crippen molar-refractivity contribution in [3.8, 4) is 0 Å². The lowest BCUT2D eigenvalue weighted by molar-refractivity contribution is -0.141. The lowest BCUT2D eigenvalue weighted by Gasteiger charge is -2.04. The first-order chi connectivity index (χ1) is 5.91. The number of nitrogens with two attached hydrogens (primary N) is 1. The van der Waals surface area contributed by atoms with Crippen LogP contribution in [0.5, 0.6) is 0 Å². The van der Waals surface area contributed by atoms with E-state index in [0.29, 0.717) is 0 Å². The first kappa shape index (κ1) is 10.1. The highest BCUT2D eigenvalue weighted by Crippen LogP contribution is 2.27. The van der Waals surface area contributed by atoms with Crippen LogP contribution >= 0.6 is 0 Å². The van der Waals surface area contributed by atoms with Crippen LogP contribution in [0.4, 0.5) is 13.2 Å². The normalized spacial score (nSPS) is 14.2.